The molecular weight excluding hydrogens is 111 g/mol. The number of hydrogen-bond donors (Lipinski definition) is 0. The second-order valence-corrected chi connectivity index (χ2v) is 1.10. The van der Waals surface area contributed by atoms with Crippen LogP contribution in [0.3, 0.4) is 0 Å². The van der Waals surface area contributed by atoms with Gasteiger partial charge in [-0.05, 0) is 13.8 Å². The zero-order valence-corrected chi connectivity index (χ0v) is 5.11. The second kappa shape index (κ2) is 5.00. The van der Waals surface area contributed by atoms with Gasteiger partial charge in [0.2, 0.25) is 0 Å². The summed E-state index contributed by atoms with van der Waals surface area (Å²) in [7, 11) is 0. The fourth-order valence-electron chi connectivity index (χ4n) is 0.269. The topological polar surface area (TPSA) is 18.5 Å². The van der Waals surface area contributed by atoms with Crippen molar-refractivity contribution in [2.75, 3.05) is 13.2 Å². The predicted molar refractivity (Wildman–Crippen MR) is 27.6 cm³/mol. The lowest BCUT2D eigenvalue weighted by atomic mass is 10.8. The fraction of sp³-hybridized carbons (Fsp3) is 0.800. The molecule has 0 aliphatic heterocycles. The minimum atomic E-state index is -0.838. The minimum Gasteiger partial charge on any atom is -0.318 e. The quantitative estimate of drug-likeness (QED) is 0.560. The molecule has 1 radical (unpaired) electrons. The molecule has 0 rings (SSSR count). The molecule has 0 spiro atoms. The molecule has 8 heavy (non-hydrogen) atoms. The summed E-state index contributed by atoms with van der Waals surface area (Å²) in [5.74, 6) is 0. The molecule has 0 amide bonds. The van der Waals surface area contributed by atoms with Gasteiger partial charge in [-0.25, -0.2) is 0 Å². The van der Waals surface area contributed by atoms with Gasteiger partial charge in [-0.1, -0.05) is 0 Å². The summed E-state index contributed by atoms with van der Waals surface area (Å²) < 4.78 is 20.5. The molecule has 0 aliphatic rings. The summed E-state index contributed by atoms with van der Waals surface area (Å²) in [6, 6.07) is 0. The molecule has 0 aromatic heterocycles. The molecule has 0 bridgehead atoms. The molecule has 0 heterocycles. The first kappa shape index (κ1) is 7.85. The van der Waals surface area contributed by atoms with E-state index in [9.17, 15) is 4.39 Å². The van der Waals surface area contributed by atoms with Crippen LogP contribution >= 0.6 is 0 Å². The minimum absolute atomic E-state index is 0.311. The van der Waals surface area contributed by atoms with Crippen molar-refractivity contribution in [1.29, 1.82) is 0 Å². The zero-order chi connectivity index (χ0) is 6.41. The average Bonchev–Trinajstić information content (AvgIpc) is 1.68. The average molecular weight is 121 g/mol. The standard InChI is InChI=1S/C5H10FO2/c1-3-7-5(6)8-4-2/h3-4H2,1-2H3. The number of hydrogen-bond acceptors (Lipinski definition) is 2. The molecule has 0 aliphatic carbocycles. The van der Waals surface area contributed by atoms with E-state index in [0.717, 1.165) is 0 Å². The third-order valence-corrected chi connectivity index (χ3v) is 0.516. The van der Waals surface area contributed by atoms with E-state index in [2.05, 4.69) is 9.47 Å². The summed E-state index contributed by atoms with van der Waals surface area (Å²) in [4.78, 5) is 0. The summed E-state index contributed by atoms with van der Waals surface area (Å²) in [6.45, 7) is 3.17. The highest BCUT2D eigenvalue weighted by Gasteiger charge is 2.04. The predicted octanol–water partition coefficient (Wildman–Crippen LogP) is 1.48. The van der Waals surface area contributed by atoms with E-state index < -0.39 is 6.54 Å². The van der Waals surface area contributed by atoms with Crippen LogP contribution in [0.4, 0.5) is 4.39 Å². The largest absolute Gasteiger partial charge is 0.409 e. The Morgan fingerprint density at radius 3 is 1.88 bits per heavy atom. The van der Waals surface area contributed by atoms with E-state index in [0.29, 0.717) is 13.2 Å². The van der Waals surface area contributed by atoms with Gasteiger partial charge in [0.1, 0.15) is 0 Å². The van der Waals surface area contributed by atoms with Crippen LogP contribution in [-0.2, 0) is 9.47 Å². The number of halogens is 1. The molecule has 2 nitrogen and oxygen atoms in total. The van der Waals surface area contributed by atoms with E-state index >= 15 is 0 Å². The second-order valence-electron chi connectivity index (χ2n) is 1.10. The van der Waals surface area contributed by atoms with E-state index in [1.54, 1.807) is 13.8 Å². The van der Waals surface area contributed by atoms with Crippen LogP contribution < -0.4 is 0 Å². The van der Waals surface area contributed by atoms with Crippen molar-refractivity contribution in [3.63, 3.8) is 0 Å². The molecular formula is C5H10FO2. The molecule has 0 unspecified atom stereocenters. The molecule has 49 valence electrons. The summed E-state index contributed by atoms with van der Waals surface area (Å²) >= 11 is 0. The van der Waals surface area contributed by atoms with Crippen LogP contribution in [0.25, 0.3) is 0 Å². The maximum Gasteiger partial charge on any atom is 0.409 e. The number of rotatable bonds is 4. The lowest BCUT2D eigenvalue weighted by Crippen LogP contribution is -2.01. The van der Waals surface area contributed by atoms with Crippen molar-refractivity contribution in [3.8, 4) is 0 Å². The third kappa shape index (κ3) is 4.02. The number of ether oxygens (including phenoxy) is 2. The molecule has 0 saturated carbocycles. The van der Waals surface area contributed by atoms with Gasteiger partial charge in [-0.15, -0.1) is 0 Å². The monoisotopic (exact) mass is 121 g/mol. The van der Waals surface area contributed by atoms with Gasteiger partial charge in [0.25, 0.3) is 0 Å². The first-order valence-corrected chi connectivity index (χ1v) is 2.59. The molecule has 0 atom stereocenters. The Hall–Kier alpha value is -0.150. The van der Waals surface area contributed by atoms with Gasteiger partial charge in [0.15, 0.2) is 0 Å². The van der Waals surface area contributed by atoms with Crippen molar-refractivity contribution in [1.82, 2.24) is 0 Å². The summed E-state index contributed by atoms with van der Waals surface area (Å²) in [5.41, 5.74) is 0. The third-order valence-electron chi connectivity index (χ3n) is 0.516. The van der Waals surface area contributed by atoms with E-state index in [1.165, 1.54) is 0 Å². The van der Waals surface area contributed by atoms with E-state index in [4.69, 9.17) is 0 Å². The van der Waals surface area contributed by atoms with Gasteiger partial charge < -0.3 is 9.47 Å². The van der Waals surface area contributed by atoms with Gasteiger partial charge in [0.05, 0.1) is 13.2 Å². The van der Waals surface area contributed by atoms with Crippen LogP contribution in [0.5, 0.6) is 0 Å². The highest BCUT2D eigenvalue weighted by Crippen LogP contribution is 2.03. The van der Waals surface area contributed by atoms with E-state index in [-0.39, 0.29) is 0 Å². The lowest BCUT2D eigenvalue weighted by molar-refractivity contribution is -0.108. The highest BCUT2D eigenvalue weighted by atomic mass is 19.2. The van der Waals surface area contributed by atoms with Crippen LogP contribution in [0.2, 0.25) is 0 Å². The fourth-order valence-corrected chi connectivity index (χ4v) is 0.269. The van der Waals surface area contributed by atoms with Gasteiger partial charge in [-0.3, -0.25) is 0 Å². The molecule has 0 aromatic rings. The van der Waals surface area contributed by atoms with Crippen LogP contribution in [0.15, 0.2) is 0 Å². The molecule has 3 heteroatoms. The highest BCUT2D eigenvalue weighted by molar-refractivity contribution is 4.39. The Bertz CT molecular complexity index is 43.7. The Kier molecular flexibility index (Phi) is 4.90. The van der Waals surface area contributed by atoms with Crippen LogP contribution in [-0.4, -0.2) is 13.2 Å². The Morgan fingerprint density at radius 2 is 1.62 bits per heavy atom. The molecule has 0 N–H and O–H groups in total. The first-order valence-electron chi connectivity index (χ1n) is 2.59. The van der Waals surface area contributed by atoms with Gasteiger partial charge in [-0.2, -0.15) is 4.39 Å². The Morgan fingerprint density at radius 1 is 1.25 bits per heavy atom. The lowest BCUT2D eigenvalue weighted by Gasteiger charge is -2.02. The summed E-state index contributed by atoms with van der Waals surface area (Å²) in [6.07, 6.45) is 0. The van der Waals surface area contributed by atoms with Crippen LogP contribution in [0.1, 0.15) is 13.8 Å². The SMILES string of the molecule is CCO[C](F)OCC. The van der Waals surface area contributed by atoms with Crippen LogP contribution in [0, 0.1) is 6.54 Å². The van der Waals surface area contributed by atoms with Crippen molar-refractivity contribution >= 4 is 0 Å². The molecule has 0 saturated heterocycles. The smallest absolute Gasteiger partial charge is 0.318 e. The summed E-state index contributed by atoms with van der Waals surface area (Å²) in [5, 5.41) is 0. The van der Waals surface area contributed by atoms with Crippen molar-refractivity contribution in [2.45, 2.75) is 13.8 Å². The normalized spacial score (nSPS) is 10.5. The van der Waals surface area contributed by atoms with Crippen molar-refractivity contribution in [3.05, 3.63) is 6.54 Å². The molecule has 0 fully saturated rings. The van der Waals surface area contributed by atoms with Gasteiger partial charge >= 0.3 is 6.54 Å². The molecule has 0 aromatic carbocycles. The maximum atomic E-state index is 11.9. The van der Waals surface area contributed by atoms with Crippen molar-refractivity contribution in [2.24, 2.45) is 0 Å². The van der Waals surface area contributed by atoms with E-state index in [1.807, 2.05) is 0 Å². The van der Waals surface area contributed by atoms with Gasteiger partial charge in [0, 0.05) is 0 Å². The zero-order valence-electron chi connectivity index (χ0n) is 5.11. The maximum absolute atomic E-state index is 11.9. The Balaban J connectivity index is 2.92. The Labute approximate surface area is 48.6 Å². The van der Waals surface area contributed by atoms with Crippen molar-refractivity contribution < 1.29 is 13.9 Å². The first-order chi connectivity index (χ1) is 3.81.